The second-order valence-electron chi connectivity index (χ2n) is 8.34. The van der Waals surface area contributed by atoms with E-state index in [0.717, 1.165) is 19.4 Å². The van der Waals surface area contributed by atoms with E-state index < -0.39 is 15.9 Å². The summed E-state index contributed by atoms with van der Waals surface area (Å²) in [6.07, 6.45) is 5.92. The lowest BCUT2D eigenvalue weighted by atomic mass is 10.0. The van der Waals surface area contributed by atoms with Crippen LogP contribution in [0.5, 0.6) is 0 Å². The fourth-order valence-corrected chi connectivity index (χ4v) is 3.33. The van der Waals surface area contributed by atoms with Crippen LogP contribution in [0.4, 0.5) is 0 Å². The van der Waals surface area contributed by atoms with E-state index in [1.54, 1.807) is 0 Å². The number of rotatable bonds is 24. The number of hydrogen-bond acceptors (Lipinski definition) is 8. The summed E-state index contributed by atoms with van der Waals surface area (Å²) in [5, 5.41) is 0. The van der Waals surface area contributed by atoms with Gasteiger partial charge in [0.05, 0.1) is 49.8 Å². The molecule has 194 valence electrons. The van der Waals surface area contributed by atoms with Gasteiger partial charge in [0.2, 0.25) is 0 Å². The minimum Gasteiger partial charge on any atom is -0.748 e. The van der Waals surface area contributed by atoms with Crippen LogP contribution in [0, 0.1) is 11.8 Å². The first-order valence-electron chi connectivity index (χ1n) is 12.2. The lowest BCUT2D eigenvalue weighted by Gasteiger charge is -2.21. The maximum atomic E-state index is 10.5. The summed E-state index contributed by atoms with van der Waals surface area (Å²) in [5.74, 6) is 0.711. The zero-order valence-corrected chi connectivity index (χ0v) is 21.5. The van der Waals surface area contributed by atoms with Gasteiger partial charge in [0.15, 0.2) is 0 Å². The second kappa shape index (κ2) is 21.3. The fourth-order valence-electron chi connectivity index (χ4n) is 2.86. The van der Waals surface area contributed by atoms with Crippen molar-refractivity contribution in [3.05, 3.63) is 0 Å². The molecule has 0 fully saturated rings. The molecule has 0 aromatic carbocycles. The normalized spacial score (nSPS) is 15.0. The molecular weight excluding hydrogens is 436 g/mol. The Morgan fingerprint density at radius 3 is 1.97 bits per heavy atom. The smallest absolute Gasteiger partial charge is 0.104 e. The predicted molar refractivity (Wildman–Crippen MR) is 125 cm³/mol. The average molecular weight is 484 g/mol. The lowest BCUT2D eigenvalue weighted by Crippen LogP contribution is -2.29. The van der Waals surface area contributed by atoms with E-state index in [2.05, 4.69) is 27.7 Å². The van der Waals surface area contributed by atoms with Gasteiger partial charge < -0.3 is 28.2 Å². The Labute approximate surface area is 196 Å². The molecule has 0 saturated carbocycles. The summed E-state index contributed by atoms with van der Waals surface area (Å²) in [5.41, 5.74) is 0. The minimum absolute atomic E-state index is 0.128. The van der Waals surface area contributed by atoms with E-state index in [1.165, 1.54) is 19.3 Å². The summed E-state index contributed by atoms with van der Waals surface area (Å²) in [4.78, 5) is 0. The highest BCUT2D eigenvalue weighted by Gasteiger charge is 2.13. The highest BCUT2D eigenvalue weighted by molar-refractivity contribution is 7.85. The Morgan fingerprint density at radius 1 is 0.750 bits per heavy atom. The third kappa shape index (κ3) is 21.6. The molecule has 0 N–H and O–H groups in total. The van der Waals surface area contributed by atoms with Crippen molar-refractivity contribution in [3.8, 4) is 0 Å². The first kappa shape index (κ1) is 31.7. The third-order valence-electron chi connectivity index (χ3n) is 5.24. The van der Waals surface area contributed by atoms with Crippen molar-refractivity contribution >= 4 is 10.1 Å². The van der Waals surface area contributed by atoms with E-state index >= 15 is 0 Å². The first-order valence-corrected chi connectivity index (χ1v) is 13.8. The molecule has 0 radical (unpaired) electrons. The van der Waals surface area contributed by atoms with Crippen molar-refractivity contribution in [2.75, 3.05) is 65.2 Å². The fraction of sp³-hybridized carbons (Fsp3) is 1.00. The molecule has 0 saturated heterocycles. The van der Waals surface area contributed by atoms with Crippen LogP contribution in [0.15, 0.2) is 0 Å². The largest absolute Gasteiger partial charge is 0.748 e. The highest BCUT2D eigenvalue weighted by Crippen LogP contribution is 2.13. The molecule has 0 spiro atoms. The quantitative estimate of drug-likeness (QED) is 0.151. The summed E-state index contributed by atoms with van der Waals surface area (Å²) in [7, 11) is -4.17. The second-order valence-corrected chi connectivity index (χ2v) is 9.86. The molecule has 0 heterocycles. The van der Waals surface area contributed by atoms with Crippen LogP contribution >= 0.6 is 0 Å². The van der Waals surface area contributed by atoms with E-state index in [1.807, 2.05) is 0 Å². The van der Waals surface area contributed by atoms with Crippen molar-refractivity contribution < 1.29 is 36.7 Å². The van der Waals surface area contributed by atoms with Gasteiger partial charge in [0, 0.05) is 25.6 Å². The molecule has 3 atom stereocenters. The number of unbranched alkanes of at least 4 members (excludes halogenated alkanes) is 1. The first-order chi connectivity index (χ1) is 15.3. The molecule has 0 bridgehead atoms. The van der Waals surface area contributed by atoms with Gasteiger partial charge in [-0.2, -0.15) is 0 Å². The van der Waals surface area contributed by atoms with Crippen LogP contribution in [0.25, 0.3) is 0 Å². The van der Waals surface area contributed by atoms with E-state index in [-0.39, 0.29) is 19.1 Å². The Balaban J connectivity index is 4.02. The molecule has 9 heteroatoms. The number of ether oxygens (including phenoxy) is 5. The Hall–Kier alpha value is -0.290. The molecule has 3 unspecified atom stereocenters. The summed E-state index contributed by atoms with van der Waals surface area (Å²) in [6.45, 7) is 13.0. The van der Waals surface area contributed by atoms with E-state index in [0.29, 0.717) is 58.1 Å². The van der Waals surface area contributed by atoms with Gasteiger partial charge in [-0.05, 0) is 24.7 Å². The molecule has 0 rings (SSSR count). The van der Waals surface area contributed by atoms with Crippen LogP contribution < -0.4 is 0 Å². The van der Waals surface area contributed by atoms with Gasteiger partial charge in [0.1, 0.15) is 6.10 Å². The van der Waals surface area contributed by atoms with Gasteiger partial charge in [-0.25, -0.2) is 8.42 Å². The molecule has 0 aromatic rings. The lowest BCUT2D eigenvalue weighted by molar-refractivity contribution is -0.0824. The van der Waals surface area contributed by atoms with Crippen molar-refractivity contribution in [3.63, 3.8) is 0 Å². The van der Waals surface area contributed by atoms with Crippen molar-refractivity contribution in [2.24, 2.45) is 11.8 Å². The topological polar surface area (TPSA) is 103 Å². The van der Waals surface area contributed by atoms with Gasteiger partial charge in [0.25, 0.3) is 0 Å². The molecule has 0 aliphatic heterocycles. The summed E-state index contributed by atoms with van der Waals surface area (Å²) < 4.78 is 59.9. The highest BCUT2D eigenvalue weighted by atomic mass is 32.2. The van der Waals surface area contributed by atoms with Crippen molar-refractivity contribution in [1.29, 1.82) is 0 Å². The Bertz CT molecular complexity index is 500. The van der Waals surface area contributed by atoms with Gasteiger partial charge >= 0.3 is 0 Å². The molecule has 32 heavy (non-hydrogen) atoms. The molecule has 0 aromatic heterocycles. The molecule has 0 amide bonds. The van der Waals surface area contributed by atoms with Gasteiger partial charge in [-0.1, -0.05) is 53.4 Å². The van der Waals surface area contributed by atoms with Crippen molar-refractivity contribution in [2.45, 2.75) is 72.3 Å². The van der Waals surface area contributed by atoms with Crippen LogP contribution in [0.2, 0.25) is 0 Å². The predicted octanol–water partition coefficient (Wildman–Crippen LogP) is 3.64. The monoisotopic (exact) mass is 483 g/mol. The summed E-state index contributed by atoms with van der Waals surface area (Å²) >= 11 is 0. The Morgan fingerprint density at radius 2 is 1.38 bits per heavy atom. The average Bonchev–Trinajstić information content (AvgIpc) is 2.75. The maximum absolute atomic E-state index is 10.5. The van der Waals surface area contributed by atoms with Gasteiger partial charge in [-0.15, -0.1) is 0 Å². The maximum Gasteiger partial charge on any atom is 0.104 e. The SMILES string of the molecule is CCCCC(CC)COCC(COCC(C)CC)OCCOCCOCCCS(=O)(=O)[O-]. The van der Waals surface area contributed by atoms with E-state index in [4.69, 9.17) is 23.7 Å². The number of hydrogen-bond donors (Lipinski definition) is 0. The van der Waals surface area contributed by atoms with Crippen LogP contribution in [0.1, 0.15) is 66.2 Å². The van der Waals surface area contributed by atoms with Crippen LogP contribution in [-0.4, -0.2) is 84.3 Å². The Kier molecular flexibility index (Phi) is 21.1. The van der Waals surface area contributed by atoms with Crippen molar-refractivity contribution in [1.82, 2.24) is 0 Å². The third-order valence-corrected chi connectivity index (χ3v) is 6.03. The summed E-state index contributed by atoms with van der Waals surface area (Å²) in [6, 6.07) is 0. The van der Waals surface area contributed by atoms with Crippen LogP contribution in [0.3, 0.4) is 0 Å². The molecule has 0 aliphatic carbocycles. The zero-order valence-electron chi connectivity index (χ0n) is 20.7. The molecule has 8 nitrogen and oxygen atoms in total. The van der Waals surface area contributed by atoms with E-state index in [9.17, 15) is 13.0 Å². The molecular formula is C23H47O8S-. The minimum atomic E-state index is -4.17. The van der Waals surface area contributed by atoms with Gasteiger partial charge in [-0.3, -0.25) is 0 Å². The molecule has 0 aliphatic rings. The zero-order chi connectivity index (χ0) is 24.1. The van der Waals surface area contributed by atoms with Crippen LogP contribution in [-0.2, 0) is 33.8 Å². The standard InChI is InChI=1S/C23H48O8S/c1-5-8-10-22(7-3)18-30-20-23(19-29-17-21(4)6-2)31-15-14-28-13-12-27-11-9-16-32(24,25)26/h21-23H,5-20H2,1-4H3,(H,24,25,26)/p-1.